The lowest BCUT2D eigenvalue weighted by Gasteiger charge is -2.19. The molecule has 0 aromatic rings. The van der Waals surface area contributed by atoms with Crippen LogP contribution in [0, 0.1) is 0 Å². The van der Waals surface area contributed by atoms with Crippen LogP contribution in [0.3, 0.4) is 0 Å². The summed E-state index contributed by atoms with van der Waals surface area (Å²) < 4.78 is 4.70. The fourth-order valence-corrected chi connectivity index (χ4v) is 0.460. The van der Waals surface area contributed by atoms with Crippen LogP contribution in [0.2, 0.25) is 0 Å². The SMILES string of the molecule is CCC(C)(O)COCC(=O)O. The monoisotopic (exact) mass is 162 g/mol. The quantitative estimate of drug-likeness (QED) is 0.608. The van der Waals surface area contributed by atoms with Crippen molar-refractivity contribution in [3.8, 4) is 0 Å². The minimum Gasteiger partial charge on any atom is -0.480 e. The highest BCUT2D eigenvalue weighted by Crippen LogP contribution is 2.07. The molecule has 0 aromatic heterocycles. The van der Waals surface area contributed by atoms with E-state index in [0.29, 0.717) is 6.42 Å². The molecule has 0 aliphatic rings. The summed E-state index contributed by atoms with van der Waals surface area (Å²) in [5, 5.41) is 17.5. The molecule has 0 rings (SSSR count). The predicted octanol–water partition coefficient (Wildman–Crippen LogP) is 0.249. The highest BCUT2D eigenvalue weighted by Gasteiger charge is 2.17. The molecule has 2 N–H and O–H groups in total. The van der Waals surface area contributed by atoms with Gasteiger partial charge in [-0.15, -0.1) is 0 Å². The van der Waals surface area contributed by atoms with Crippen LogP contribution in [-0.2, 0) is 9.53 Å². The summed E-state index contributed by atoms with van der Waals surface area (Å²) in [6, 6.07) is 0. The molecule has 0 fully saturated rings. The number of carbonyl (C=O) groups is 1. The van der Waals surface area contributed by atoms with Crippen LogP contribution in [0.25, 0.3) is 0 Å². The average molecular weight is 162 g/mol. The van der Waals surface area contributed by atoms with E-state index in [0.717, 1.165) is 0 Å². The van der Waals surface area contributed by atoms with E-state index in [4.69, 9.17) is 9.84 Å². The molecular weight excluding hydrogens is 148 g/mol. The maximum atomic E-state index is 9.97. The summed E-state index contributed by atoms with van der Waals surface area (Å²) in [7, 11) is 0. The van der Waals surface area contributed by atoms with Crippen LogP contribution in [0.15, 0.2) is 0 Å². The fraction of sp³-hybridized carbons (Fsp3) is 0.857. The molecule has 4 nitrogen and oxygen atoms in total. The van der Waals surface area contributed by atoms with E-state index in [1.165, 1.54) is 0 Å². The van der Waals surface area contributed by atoms with Crippen molar-refractivity contribution in [1.82, 2.24) is 0 Å². The molecule has 0 saturated heterocycles. The maximum absolute atomic E-state index is 9.97. The lowest BCUT2D eigenvalue weighted by atomic mass is 10.1. The Kier molecular flexibility index (Phi) is 4.07. The zero-order chi connectivity index (χ0) is 8.91. The second-order valence-electron chi connectivity index (χ2n) is 2.74. The molecule has 0 amide bonds. The Morgan fingerprint density at radius 3 is 2.55 bits per heavy atom. The molecular formula is C7H14O4. The van der Waals surface area contributed by atoms with Gasteiger partial charge in [0.2, 0.25) is 0 Å². The summed E-state index contributed by atoms with van der Waals surface area (Å²) in [5.74, 6) is -1.02. The van der Waals surface area contributed by atoms with Gasteiger partial charge in [0.15, 0.2) is 0 Å². The molecule has 4 heteroatoms. The van der Waals surface area contributed by atoms with Crippen LogP contribution in [0.5, 0.6) is 0 Å². The van der Waals surface area contributed by atoms with Crippen LogP contribution >= 0.6 is 0 Å². The molecule has 0 radical (unpaired) electrons. The first kappa shape index (κ1) is 10.4. The third kappa shape index (κ3) is 5.82. The van der Waals surface area contributed by atoms with E-state index >= 15 is 0 Å². The van der Waals surface area contributed by atoms with Crippen molar-refractivity contribution in [2.45, 2.75) is 25.9 Å². The second-order valence-corrected chi connectivity index (χ2v) is 2.74. The number of hydrogen-bond acceptors (Lipinski definition) is 3. The highest BCUT2D eigenvalue weighted by molar-refractivity contribution is 5.67. The minimum atomic E-state index is -1.02. The average Bonchev–Trinajstić information content (AvgIpc) is 1.87. The van der Waals surface area contributed by atoms with Gasteiger partial charge in [-0.2, -0.15) is 0 Å². The summed E-state index contributed by atoms with van der Waals surface area (Å²) in [5.41, 5.74) is -0.907. The van der Waals surface area contributed by atoms with Crippen molar-refractivity contribution in [3.63, 3.8) is 0 Å². The van der Waals surface area contributed by atoms with Crippen molar-refractivity contribution >= 4 is 5.97 Å². The van der Waals surface area contributed by atoms with Gasteiger partial charge in [0.1, 0.15) is 6.61 Å². The predicted molar refractivity (Wildman–Crippen MR) is 39.4 cm³/mol. The third-order valence-electron chi connectivity index (χ3n) is 1.40. The smallest absolute Gasteiger partial charge is 0.329 e. The van der Waals surface area contributed by atoms with Gasteiger partial charge in [-0.05, 0) is 13.3 Å². The van der Waals surface area contributed by atoms with Crippen molar-refractivity contribution in [2.75, 3.05) is 13.2 Å². The van der Waals surface area contributed by atoms with E-state index in [1.807, 2.05) is 6.92 Å². The van der Waals surface area contributed by atoms with Gasteiger partial charge in [-0.25, -0.2) is 4.79 Å². The van der Waals surface area contributed by atoms with E-state index in [2.05, 4.69) is 0 Å². The normalized spacial score (nSPS) is 15.9. The lowest BCUT2D eigenvalue weighted by Crippen LogP contribution is -2.30. The molecule has 0 heterocycles. The third-order valence-corrected chi connectivity index (χ3v) is 1.40. The van der Waals surface area contributed by atoms with Gasteiger partial charge in [0, 0.05) is 0 Å². The van der Waals surface area contributed by atoms with E-state index in [-0.39, 0.29) is 13.2 Å². The molecule has 1 atom stereocenters. The summed E-state index contributed by atoms with van der Waals surface area (Å²) >= 11 is 0. The van der Waals surface area contributed by atoms with Crippen molar-refractivity contribution in [1.29, 1.82) is 0 Å². The first-order valence-corrected chi connectivity index (χ1v) is 3.50. The number of carboxylic acid groups (broad SMARTS) is 1. The van der Waals surface area contributed by atoms with E-state index < -0.39 is 11.6 Å². The molecule has 1 unspecified atom stereocenters. The number of aliphatic carboxylic acids is 1. The number of hydrogen-bond donors (Lipinski definition) is 2. The number of aliphatic hydroxyl groups is 1. The topological polar surface area (TPSA) is 66.8 Å². The van der Waals surface area contributed by atoms with Crippen molar-refractivity contribution < 1.29 is 19.7 Å². The maximum Gasteiger partial charge on any atom is 0.329 e. The largest absolute Gasteiger partial charge is 0.480 e. The van der Waals surface area contributed by atoms with Crippen molar-refractivity contribution in [2.24, 2.45) is 0 Å². The first-order valence-electron chi connectivity index (χ1n) is 3.50. The Morgan fingerprint density at radius 2 is 2.18 bits per heavy atom. The molecule has 0 bridgehead atoms. The molecule has 0 aromatic carbocycles. The van der Waals surface area contributed by atoms with Crippen molar-refractivity contribution in [3.05, 3.63) is 0 Å². The molecule has 66 valence electrons. The van der Waals surface area contributed by atoms with E-state index in [9.17, 15) is 9.90 Å². The molecule has 0 aliphatic heterocycles. The van der Waals surface area contributed by atoms with Crippen LogP contribution in [-0.4, -0.2) is 35.0 Å². The van der Waals surface area contributed by atoms with Crippen LogP contribution < -0.4 is 0 Å². The fourth-order valence-electron chi connectivity index (χ4n) is 0.460. The molecule has 0 aliphatic carbocycles. The van der Waals surface area contributed by atoms with Crippen LogP contribution in [0.4, 0.5) is 0 Å². The summed E-state index contributed by atoms with van der Waals surface area (Å²) in [4.78, 5) is 9.97. The Labute approximate surface area is 65.8 Å². The Morgan fingerprint density at radius 1 is 1.64 bits per heavy atom. The Bertz CT molecular complexity index is 130. The first-order chi connectivity index (χ1) is 4.98. The summed E-state index contributed by atoms with van der Waals surface area (Å²) in [6.07, 6.45) is 0.548. The second kappa shape index (κ2) is 4.31. The zero-order valence-corrected chi connectivity index (χ0v) is 6.83. The van der Waals surface area contributed by atoms with Gasteiger partial charge in [0.25, 0.3) is 0 Å². The number of rotatable bonds is 5. The Balaban J connectivity index is 3.45. The Hall–Kier alpha value is -0.610. The highest BCUT2D eigenvalue weighted by atomic mass is 16.5. The van der Waals surface area contributed by atoms with Gasteiger partial charge < -0.3 is 14.9 Å². The summed E-state index contributed by atoms with van der Waals surface area (Å²) in [6.45, 7) is 3.13. The van der Waals surface area contributed by atoms with Crippen LogP contribution in [0.1, 0.15) is 20.3 Å². The van der Waals surface area contributed by atoms with Gasteiger partial charge in [-0.3, -0.25) is 0 Å². The number of ether oxygens (including phenoxy) is 1. The molecule has 0 spiro atoms. The molecule has 11 heavy (non-hydrogen) atoms. The number of carboxylic acids is 1. The van der Waals surface area contributed by atoms with E-state index in [1.54, 1.807) is 6.92 Å². The standard InChI is InChI=1S/C7H14O4/c1-3-7(2,10)5-11-4-6(8)9/h10H,3-5H2,1-2H3,(H,8,9). The lowest BCUT2D eigenvalue weighted by molar-refractivity contribution is -0.144. The zero-order valence-electron chi connectivity index (χ0n) is 6.83. The van der Waals surface area contributed by atoms with Gasteiger partial charge >= 0.3 is 5.97 Å². The minimum absolute atomic E-state index is 0.0653. The van der Waals surface area contributed by atoms with Gasteiger partial charge in [-0.1, -0.05) is 6.92 Å². The van der Waals surface area contributed by atoms with Gasteiger partial charge in [0.05, 0.1) is 12.2 Å². The molecule has 0 saturated carbocycles.